The van der Waals surface area contributed by atoms with Crippen molar-refractivity contribution in [3.63, 3.8) is 0 Å². The van der Waals surface area contributed by atoms with Gasteiger partial charge in [0.15, 0.2) is 9.04 Å². The monoisotopic (exact) mass is 565 g/mol. The zero-order chi connectivity index (χ0) is 29.8. The molecule has 0 saturated carbocycles. The number of nitrogens with one attached hydrogen (secondary N) is 1. The fourth-order valence-corrected chi connectivity index (χ4v) is 6.06. The molecule has 1 fully saturated rings. The molecule has 0 bridgehead atoms. The van der Waals surface area contributed by atoms with Crippen LogP contribution in [-0.4, -0.2) is 55.5 Å². The van der Waals surface area contributed by atoms with Gasteiger partial charge in [-0.05, 0) is 74.7 Å². The molecule has 1 aliphatic rings. The summed E-state index contributed by atoms with van der Waals surface area (Å²) in [5.74, 6) is 0.216. The van der Waals surface area contributed by atoms with Crippen molar-refractivity contribution in [3.8, 4) is 0 Å². The number of amides is 2. The van der Waals surface area contributed by atoms with E-state index in [2.05, 4.69) is 39.2 Å². The summed E-state index contributed by atoms with van der Waals surface area (Å²) in [4.78, 5) is 38.1. The van der Waals surface area contributed by atoms with Gasteiger partial charge in [0, 0.05) is 31.6 Å². The normalized spacial score (nSPS) is 20.2. The quantitative estimate of drug-likeness (QED) is 0.214. The van der Waals surface area contributed by atoms with E-state index in [4.69, 9.17) is 13.9 Å². The molecule has 1 N–H and O–H groups in total. The lowest BCUT2D eigenvalue weighted by molar-refractivity contribution is -0.384. The highest BCUT2D eigenvalue weighted by atomic mass is 28.3. The zero-order valence-corrected chi connectivity index (χ0v) is 26.4. The number of alkyl carbamates (subject to hydrolysis) is 1. The zero-order valence-electron chi connectivity index (χ0n) is 25.3. The number of hydrogen-bond donors (Lipinski definition) is 1. The predicted octanol–water partition coefficient (Wildman–Crippen LogP) is 6.24. The molecule has 2 unspecified atom stereocenters. The Hall–Kier alpha value is -2.66. The van der Waals surface area contributed by atoms with E-state index in [9.17, 15) is 19.7 Å². The van der Waals surface area contributed by atoms with Crippen molar-refractivity contribution in [1.82, 2.24) is 10.2 Å². The van der Waals surface area contributed by atoms with Gasteiger partial charge in [0.05, 0.1) is 4.92 Å². The van der Waals surface area contributed by atoms with Crippen LogP contribution in [0.25, 0.3) is 0 Å². The van der Waals surface area contributed by atoms with Crippen molar-refractivity contribution < 1.29 is 28.4 Å². The number of hydrogen-bond acceptors (Lipinski definition) is 7. The standard InChI is InChI=1S/C28H47N3O7Si/c1-25(2,3)21-15-28(38-39(9)10,30(16-21)24(33)37-26(4,5)6)18-27(7,8)19-29-23(32)36-17-20-11-13-22(14-12-20)31(34)35/h11-14,21,39H,15-19H2,1-10H3,(H,29,32). The van der Waals surface area contributed by atoms with Crippen LogP contribution in [0.1, 0.15) is 73.8 Å². The van der Waals surface area contributed by atoms with Crippen LogP contribution in [0.5, 0.6) is 0 Å². The second-order valence-electron chi connectivity index (χ2n) is 13.7. The molecule has 1 aromatic carbocycles. The van der Waals surface area contributed by atoms with Crippen LogP contribution in [0.2, 0.25) is 13.1 Å². The van der Waals surface area contributed by atoms with Gasteiger partial charge in [0.1, 0.15) is 17.9 Å². The van der Waals surface area contributed by atoms with Crippen LogP contribution in [0.3, 0.4) is 0 Å². The molecule has 1 aliphatic heterocycles. The van der Waals surface area contributed by atoms with E-state index in [0.29, 0.717) is 31.5 Å². The number of ether oxygens (including phenoxy) is 2. The van der Waals surface area contributed by atoms with Crippen LogP contribution < -0.4 is 5.32 Å². The van der Waals surface area contributed by atoms with Crippen molar-refractivity contribution in [2.75, 3.05) is 13.1 Å². The fourth-order valence-electron chi connectivity index (χ4n) is 4.88. The summed E-state index contributed by atoms with van der Waals surface area (Å²) >= 11 is 0. The Morgan fingerprint density at radius 1 is 1.10 bits per heavy atom. The average molecular weight is 566 g/mol. The first-order valence-corrected chi connectivity index (χ1v) is 16.3. The van der Waals surface area contributed by atoms with E-state index in [1.807, 2.05) is 34.6 Å². The summed E-state index contributed by atoms with van der Waals surface area (Å²) in [5, 5.41) is 13.7. The SMILES string of the molecule is C[SiH](C)OC1(CC(C)(C)CNC(=O)OCc2ccc([N+](=O)[O-])cc2)CC(C(C)(C)C)CN1C(=O)OC(C)(C)C. The van der Waals surface area contributed by atoms with E-state index < -0.39 is 36.8 Å². The number of non-ortho nitro benzene ring substituents is 1. The maximum atomic E-state index is 13.5. The first-order chi connectivity index (χ1) is 17.7. The first-order valence-electron chi connectivity index (χ1n) is 13.6. The van der Waals surface area contributed by atoms with Gasteiger partial charge in [-0.15, -0.1) is 0 Å². The van der Waals surface area contributed by atoms with Crippen LogP contribution in [0.15, 0.2) is 24.3 Å². The molecule has 0 radical (unpaired) electrons. The Balaban J connectivity index is 2.16. The molecular formula is C28H47N3O7Si. The molecule has 2 rings (SSSR count). The maximum absolute atomic E-state index is 13.5. The Labute approximate surface area is 234 Å². The summed E-state index contributed by atoms with van der Waals surface area (Å²) in [6.45, 7) is 21.2. The van der Waals surface area contributed by atoms with Crippen LogP contribution in [0, 0.1) is 26.9 Å². The predicted molar refractivity (Wildman–Crippen MR) is 153 cm³/mol. The van der Waals surface area contributed by atoms with Gasteiger partial charge in [-0.25, -0.2) is 9.59 Å². The molecule has 1 aromatic rings. The minimum atomic E-state index is -1.59. The summed E-state index contributed by atoms with van der Waals surface area (Å²) in [6, 6.07) is 5.87. The minimum absolute atomic E-state index is 0.00403. The first kappa shape index (κ1) is 32.5. The molecule has 2 atom stereocenters. The average Bonchev–Trinajstić information content (AvgIpc) is 3.13. The molecule has 39 heavy (non-hydrogen) atoms. The highest BCUT2D eigenvalue weighted by molar-refractivity contribution is 6.48. The van der Waals surface area contributed by atoms with Crippen molar-refractivity contribution in [2.45, 2.75) is 99.3 Å². The molecule has 0 aliphatic carbocycles. The molecule has 0 spiro atoms. The number of carbonyl (C=O) groups is 2. The third-order valence-corrected chi connectivity index (χ3v) is 7.65. The third kappa shape index (κ3) is 9.79. The van der Waals surface area contributed by atoms with E-state index in [0.717, 1.165) is 0 Å². The van der Waals surface area contributed by atoms with Crippen molar-refractivity contribution >= 4 is 26.9 Å². The molecule has 11 heteroatoms. The summed E-state index contributed by atoms with van der Waals surface area (Å²) in [6.07, 6.45) is 0.238. The number of likely N-dealkylation sites (tertiary alicyclic amines) is 1. The van der Waals surface area contributed by atoms with Crippen LogP contribution in [0.4, 0.5) is 15.3 Å². The summed E-state index contributed by atoms with van der Waals surface area (Å²) in [5.41, 5.74) is -1.32. The molecule has 10 nitrogen and oxygen atoms in total. The summed E-state index contributed by atoms with van der Waals surface area (Å²) in [7, 11) is -1.59. The van der Waals surface area contributed by atoms with Crippen LogP contribution in [-0.2, 0) is 20.5 Å². The molecule has 1 heterocycles. The Bertz CT molecular complexity index is 1020. The summed E-state index contributed by atoms with van der Waals surface area (Å²) < 4.78 is 17.9. The van der Waals surface area contributed by atoms with Crippen molar-refractivity contribution in [3.05, 3.63) is 39.9 Å². The lowest BCUT2D eigenvalue weighted by Gasteiger charge is -2.44. The molecule has 220 valence electrons. The second kappa shape index (κ2) is 12.2. The molecule has 0 aromatic heterocycles. The van der Waals surface area contributed by atoms with Crippen molar-refractivity contribution in [1.29, 1.82) is 0 Å². The number of nitro benzene ring substituents is 1. The van der Waals surface area contributed by atoms with Gasteiger partial charge < -0.3 is 19.2 Å². The number of nitrogens with zero attached hydrogens (tertiary/aromatic N) is 2. The topological polar surface area (TPSA) is 120 Å². The molecule has 1 saturated heterocycles. The second-order valence-corrected chi connectivity index (χ2v) is 16.0. The number of nitro groups is 1. The Morgan fingerprint density at radius 2 is 1.69 bits per heavy atom. The highest BCUT2D eigenvalue weighted by Crippen LogP contribution is 2.48. The van der Waals surface area contributed by atoms with Crippen LogP contribution >= 0.6 is 0 Å². The van der Waals surface area contributed by atoms with Crippen molar-refractivity contribution in [2.24, 2.45) is 16.7 Å². The van der Waals surface area contributed by atoms with E-state index >= 15 is 0 Å². The van der Waals surface area contributed by atoms with Gasteiger partial charge in [-0.2, -0.15) is 0 Å². The smallest absolute Gasteiger partial charge is 0.412 e. The maximum Gasteiger partial charge on any atom is 0.412 e. The number of carbonyl (C=O) groups excluding carboxylic acids is 2. The highest BCUT2D eigenvalue weighted by Gasteiger charge is 2.54. The van der Waals surface area contributed by atoms with Gasteiger partial charge in [-0.3, -0.25) is 15.0 Å². The third-order valence-electron chi connectivity index (χ3n) is 6.74. The van der Waals surface area contributed by atoms with E-state index in [1.165, 1.54) is 12.1 Å². The Kier molecular flexibility index (Phi) is 10.2. The minimum Gasteiger partial charge on any atom is -0.445 e. The van der Waals surface area contributed by atoms with E-state index in [1.54, 1.807) is 17.0 Å². The number of rotatable bonds is 9. The Morgan fingerprint density at radius 3 is 2.18 bits per heavy atom. The largest absolute Gasteiger partial charge is 0.445 e. The fraction of sp³-hybridized carbons (Fsp3) is 0.714. The molecule has 2 amide bonds. The lowest BCUT2D eigenvalue weighted by atomic mass is 9.76. The van der Waals surface area contributed by atoms with Gasteiger partial charge >= 0.3 is 12.2 Å². The van der Waals surface area contributed by atoms with Gasteiger partial charge in [0.25, 0.3) is 5.69 Å². The van der Waals surface area contributed by atoms with Gasteiger partial charge in [0.2, 0.25) is 0 Å². The number of benzene rings is 1. The van der Waals surface area contributed by atoms with E-state index in [-0.39, 0.29) is 29.7 Å². The van der Waals surface area contributed by atoms with Gasteiger partial charge in [-0.1, -0.05) is 34.6 Å². The lowest BCUT2D eigenvalue weighted by Crippen LogP contribution is -2.55. The molecular weight excluding hydrogens is 518 g/mol.